The van der Waals surface area contributed by atoms with Gasteiger partial charge in [0.2, 0.25) is 15.8 Å². The van der Waals surface area contributed by atoms with E-state index in [1.807, 2.05) is 18.2 Å². The summed E-state index contributed by atoms with van der Waals surface area (Å²) in [6, 6.07) is 13.0. The molecule has 0 amide bonds. The number of nitrogens with zero attached hydrogens (tertiary/aromatic N) is 3. The van der Waals surface area contributed by atoms with Crippen LogP contribution in [0.5, 0.6) is 5.75 Å². The molecule has 2 aliphatic rings. The van der Waals surface area contributed by atoms with Gasteiger partial charge in [0.1, 0.15) is 11.9 Å². The lowest BCUT2D eigenvalue weighted by Crippen LogP contribution is -2.42. The Balaban J connectivity index is 1.25. The summed E-state index contributed by atoms with van der Waals surface area (Å²) in [5, 5.41) is 7.14. The van der Waals surface area contributed by atoms with Crippen LogP contribution in [0, 0.1) is 0 Å². The highest BCUT2D eigenvalue weighted by atomic mass is 32.2. The van der Waals surface area contributed by atoms with E-state index in [1.54, 1.807) is 30.5 Å². The van der Waals surface area contributed by atoms with E-state index in [-0.39, 0.29) is 17.5 Å². The summed E-state index contributed by atoms with van der Waals surface area (Å²) in [7, 11) is -3.57. The number of sulfone groups is 1. The van der Waals surface area contributed by atoms with Crippen molar-refractivity contribution in [2.24, 2.45) is 0 Å². The second kappa shape index (κ2) is 10.7. The summed E-state index contributed by atoms with van der Waals surface area (Å²) in [5.41, 5.74) is 0.610. The summed E-state index contributed by atoms with van der Waals surface area (Å²) in [5.74, 6) is 1.24. The molecule has 9 nitrogen and oxygen atoms in total. The molecule has 5 rings (SSSR count). The molecule has 0 bridgehead atoms. The number of rotatable bonds is 7. The van der Waals surface area contributed by atoms with Gasteiger partial charge < -0.3 is 25.0 Å². The summed E-state index contributed by atoms with van der Waals surface area (Å²) < 4.78 is 37.3. The summed E-state index contributed by atoms with van der Waals surface area (Å²) >= 11 is 0. The molecule has 1 unspecified atom stereocenters. The number of benzene rings is 2. The molecule has 0 aliphatic carbocycles. The van der Waals surface area contributed by atoms with Gasteiger partial charge in [-0.05, 0) is 63.1 Å². The van der Waals surface area contributed by atoms with Crippen LogP contribution < -0.4 is 15.4 Å². The Kier molecular flexibility index (Phi) is 7.38. The molecular formula is C26H33N5O4S. The molecule has 0 radical (unpaired) electrons. The predicted octanol–water partition coefficient (Wildman–Crippen LogP) is 3.34. The topological polar surface area (TPSA) is 106 Å². The number of ether oxygens (including phenoxy) is 2. The average Bonchev–Trinajstić information content (AvgIpc) is 2.90. The molecule has 2 N–H and O–H groups in total. The van der Waals surface area contributed by atoms with Gasteiger partial charge in [-0.3, -0.25) is 0 Å². The van der Waals surface area contributed by atoms with Gasteiger partial charge in [0.05, 0.1) is 17.0 Å². The Morgan fingerprint density at radius 3 is 2.61 bits per heavy atom. The molecule has 1 aromatic heterocycles. The monoisotopic (exact) mass is 511 g/mol. The zero-order chi connectivity index (χ0) is 25.1. The van der Waals surface area contributed by atoms with E-state index < -0.39 is 15.3 Å². The lowest BCUT2D eigenvalue weighted by Gasteiger charge is -2.34. The molecule has 0 saturated carbocycles. The van der Waals surface area contributed by atoms with Crippen LogP contribution in [-0.2, 0) is 14.6 Å². The third kappa shape index (κ3) is 5.62. The molecule has 3 aromatic rings. The first-order valence-corrected chi connectivity index (χ1v) is 14.0. The summed E-state index contributed by atoms with van der Waals surface area (Å²) in [4.78, 5) is 11.8. The van der Waals surface area contributed by atoms with Crippen molar-refractivity contribution < 1.29 is 17.9 Å². The predicted molar refractivity (Wildman–Crippen MR) is 139 cm³/mol. The summed E-state index contributed by atoms with van der Waals surface area (Å²) in [6.45, 7) is 7.90. The normalized spacial score (nSPS) is 20.0. The second-order valence-electron chi connectivity index (χ2n) is 9.56. The summed E-state index contributed by atoms with van der Waals surface area (Å²) in [6.07, 6.45) is 4.01. The molecular weight excluding hydrogens is 478 g/mol. The van der Waals surface area contributed by atoms with Crippen LogP contribution in [0.25, 0.3) is 10.9 Å². The molecule has 36 heavy (non-hydrogen) atoms. The van der Waals surface area contributed by atoms with Gasteiger partial charge in [-0.25, -0.2) is 18.4 Å². The maximum atomic E-state index is 12.8. The van der Waals surface area contributed by atoms with Crippen LogP contribution in [0.3, 0.4) is 0 Å². The number of morpholine rings is 1. The Labute approximate surface area is 212 Å². The smallest absolute Gasteiger partial charge is 0.227 e. The molecule has 2 aromatic carbocycles. The SMILES string of the molecule is CC(C)N1CCC(Oc2ccc3cnc(Nc4ccc(S(=O)(=O)C5CNCCO5)cc4)nc3c2)CC1. The standard InChI is InChI=1S/C26H33N5O4S/c1-18(2)31-12-9-21(10-13-31)35-22-6-3-19-16-28-26(30-24(19)15-22)29-20-4-7-23(8-5-20)36(32,33)25-17-27-11-14-34-25/h3-8,15-16,18,21,25,27H,9-14,17H2,1-2H3,(H,28,29,30). The number of anilines is 2. The zero-order valence-electron chi connectivity index (χ0n) is 20.7. The minimum Gasteiger partial charge on any atom is -0.490 e. The Morgan fingerprint density at radius 1 is 1.14 bits per heavy atom. The minimum absolute atomic E-state index is 0.210. The number of piperidine rings is 1. The van der Waals surface area contributed by atoms with E-state index >= 15 is 0 Å². The average molecular weight is 512 g/mol. The van der Waals surface area contributed by atoms with E-state index in [2.05, 4.69) is 39.3 Å². The van der Waals surface area contributed by atoms with Crippen LogP contribution in [-0.4, -0.2) is 73.7 Å². The third-order valence-electron chi connectivity index (χ3n) is 6.74. The van der Waals surface area contributed by atoms with E-state index in [0.717, 1.165) is 42.6 Å². The van der Waals surface area contributed by atoms with Crippen LogP contribution >= 0.6 is 0 Å². The largest absolute Gasteiger partial charge is 0.490 e. The first-order valence-electron chi connectivity index (χ1n) is 12.5. The van der Waals surface area contributed by atoms with Gasteiger partial charge in [-0.15, -0.1) is 0 Å². The number of hydrogen-bond acceptors (Lipinski definition) is 9. The van der Waals surface area contributed by atoms with E-state index in [4.69, 9.17) is 9.47 Å². The number of nitrogens with one attached hydrogen (secondary N) is 2. The van der Waals surface area contributed by atoms with Gasteiger partial charge in [0.15, 0.2) is 5.44 Å². The van der Waals surface area contributed by atoms with Crippen molar-refractivity contribution in [2.45, 2.75) is 49.2 Å². The van der Waals surface area contributed by atoms with Crippen molar-refractivity contribution in [1.29, 1.82) is 0 Å². The van der Waals surface area contributed by atoms with Crippen LogP contribution in [0.2, 0.25) is 0 Å². The Hall–Kier alpha value is -2.79. The first kappa shape index (κ1) is 24.9. The van der Waals surface area contributed by atoms with Crippen LogP contribution in [0.4, 0.5) is 11.6 Å². The van der Waals surface area contributed by atoms with E-state index in [1.165, 1.54) is 0 Å². The van der Waals surface area contributed by atoms with Crippen molar-refractivity contribution in [3.05, 3.63) is 48.7 Å². The van der Waals surface area contributed by atoms with Crippen molar-refractivity contribution in [1.82, 2.24) is 20.2 Å². The lowest BCUT2D eigenvalue weighted by molar-refractivity contribution is 0.0785. The Morgan fingerprint density at radius 2 is 1.92 bits per heavy atom. The molecule has 2 saturated heterocycles. The molecule has 10 heteroatoms. The number of hydrogen-bond donors (Lipinski definition) is 2. The molecule has 1 atom stereocenters. The maximum absolute atomic E-state index is 12.8. The molecule has 0 spiro atoms. The zero-order valence-corrected chi connectivity index (χ0v) is 21.5. The van der Waals surface area contributed by atoms with Gasteiger partial charge in [0, 0.05) is 55.6 Å². The van der Waals surface area contributed by atoms with Crippen molar-refractivity contribution in [3.8, 4) is 5.75 Å². The lowest BCUT2D eigenvalue weighted by atomic mass is 10.1. The number of aromatic nitrogens is 2. The highest BCUT2D eigenvalue weighted by Gasteiger charge is 2.30. The molecule has 2 aliphatic heterocycles. The molecule has 3 heterocycles. The van der Waals surface area contributed by atoms with Crippen LogP contribution in [0.15, 0.2) is 53.6 Å². The minimum atomic E-state index is -3.57. The maximum Gasteiger partial charge on any atom is 0.227 e. The highest BCUT2D eigenvalue weighted by molar-refractivity contribution is 7.92. The van der Waals surface area contributed by atoms with Gasteiger partial charge >= 0.3 is 0 Å². The first-order chi connectivity index (χ1) is 17.4. The van der Waals surface area contributed by atoms with E-state index in [0.29, 0.717) is 30.8 Å². The fourth-order valence-electron chi connectivity index (χ4n) is 4.59. The fraction of sp³-hybridized carbons (Fsp3) is 0.462. The van der Waals surface area contributed by atoms with Crippen molar-refractivity contribution in [2.75, 3.05) is 38.1 Å². The van der Waals surface area contributed by atoms with Gasteiger partial charge in [-0.2, -0.15) is 0 Å². The van der Waals surface area contributed by atoms with Crippen molar-refractivity contribution >= 4 is 32.4 Å². The van der Waals surface area contributed by atoms with E-state index in [9.17, 15) is 8.42 Å². The number of fused-ring (bicyclic) bond motifs is 1. The Bertz CT molecular complexity index is 1290. The van der Waals surface area contributed by atoms with Gasteiger partial charge in [0.25, 0.3) is 0 Å². The highest BCUT2D eigenvalue weighted by Crippen LogP contribution is 2.26. The quantitative estimate of drug-likeness (QED) is 0.494. The van der Waals surface area contributed by atoms with Crippen LogP contribution in [0.1, 0.15) is 26.7 Å². The van der Waals surface area contributed by atoms with Gasteiger partial charge in [-0.1, -0.05) is 0 Å². The number of likely N-dealkylation sites (tertiary alicyclic amines) is 1. The fourth-order valence-corrected chi connectivity index (χ4v) is 6.02. The molecule has 2 fully saturated rings. The molecule has 192 valence electrons. The van der Waals surface area contributed by atoms with Crippen molar-refractivity contribution in [3.63, 3.8) is 0 Å². The second-order valence-corrected chi connectivity index (χ2v) is 11.6. The third-order valence-corrected chi connectivity index (χ3v) is 8.67.